The van der Waals surface area contributed by atoms with Crippen molar-refractivity contribution in [2.24, 2.45) is 5.92 Å². The van der Waals surface area contributed by atoms with E-state index in [0.717, 1.165) is 12.5 Å². The van der Waals surface area contributed by atoms with Gasteiger partial charge in [0.15, 0.2) is 0 Å². The molecular weight excluding hydrogens is 208 g/mol. The molecule has 1 unspecified atom stereocenters. The van der Waals surface area contributed by atoms with Crippen LogP contribution in [0.15, 0.2) is 30.3 Å². The molecule has 2 nitrogen and oxygen atoms in total. The maximum Gasteiger partial charge on any atom is 0.0291 e. The minimum absolute atomic E-state index is 0.468. The van der Waals surface area contributed by atoms with Gasteiger partial charge in [0.1, 0.15) is 0 Å². The summed E-state index contributed by atoms with van der Waals surface area (Å²) in [7, 11) is 2.22. The van der Waals surface area contributed by atoms with Gasteiger partial charge in [-0.15, -0.1) is 0 Å². The van der Waals surface area contributed by atoms with Gasteiger partial charge in [-0.3, -0.25) is 0 Å². The van der Waals surface area contributed by atoms with Gasteiger partial charge in [-0.2, -0.15) is 0 Å². The van der Waals surface area contributed by atoms with Crippen molar-refractivity contribution in [2.75, 3.05) is 26.7 Å². The van der Waals surface area contributed by atoms with E-state index < -0.39 is 0 Å². The van der Waals surface area contributed by atoms with Crippen molar-refractivity contribution in [1.82, 2.24) is 10.2 Å². The van der Waals surface area contributed by atoms with E-state index in [0.29, 0.717) is 6.04 Å². The summed E-state index contributed by atoms with van der Waals surface area (Å²) in [4.78, 5) is 2.43. The van der Waals surface area contributed by atoms with Crippen molar-refractivity contribution in [3.8, 4) is 0 Å². The van der Waals surface area contributed by atoms with Gasteiger partial charge in [0.2, 0.25) is 0 Å². The Morgan fingerprint density at radius 1 is 1.24 bits per heavy atom. The molecule has 0 bridgehead atoms. The molecule has 0 aliphatic carbocycles. The largest absolute Gasteiger partial charge is 0.310 e. The molecule has 1 atom stereocenters. The van der Waals surface area contributed by atoms with Gasteiger partial charge >= 0.3 is 0 Å². The zero-order chi connectivity index (χ0) is 12.1. The van der Waals surface area contributed by atoms with Crippen LogP contribution in [-0.4, -0.2) is 31.6 Å². The van der Waals surface area contributed by atoms with Crippen LogP contribution in [0, 0.1) is 5.92 Å². The lowest BCUT2D eigenvalue weighted by Crippen LogP contribution is -2.35. The van der Waals surface area contributed by atoms with Crippen LogP contribution >= 0.6 is 0 Å². The monoisotopic (exact) mass is 232 g/mol. The summed E-state index contributed by atoms with van der Waals surface area (Å²) in [6, 6.07) is 11.2. The fourth-order valence-electron chi connectivity index (χ4n) is 2.47. The molecule has 94 valence electrons. The van der Waals surface area contributed by atoms with Gasteiger partial charge in [0.25, 0.3) is 0 Å². The number of benzene rings is 1. The first-order valence-corrected chi connectivity index (χ1v) is 6.72. The summed E-state index contributed by atoms with van der Waals surface area (Å²) < 4.78 is 0. The van der Waals surface area contributed by atoms with Crippen LogP contribution in [-0.2, 0) is 0 Å². The second-order valence-electron chi connectivity index (χ2n) is 5.29. The Hall–Kier alpha value is -0.860. The lowest BCUT2D eigenvalue weighted by atomic mass is 9.96. The van der Waals surface area contributed by atoms with Gasteiger partial charge in [-0.1, -0.05) is 30.3 Å². The van der Waals surface area contributed by atoms with Crippen LogP contribution < -0.4 is 5.32 Å². The number of hydrogen-bond acceptors (Lipinski definition) is 2. The van der Waals surface area contributed by atoms with Gasteiger partial charge < -0.3 is 10.2 Å². The number of hydrogen-bond donors (Lipinski definition) is 1. The minimum atomic E-state index is 0.468. The highest BCUT2D eigenvalue weighted by Gasteiger charge is 2.17. The lowest BCUT2D eigenvalue weighted by molar-refractivity contribution is 0.213. The van der Waals surface area contributed by atoms with E-state index in [-0.39, 0.29) is 0 Å². The van der Waals surface area contributed by atoms with Gasteiger partial charge in [0, 0.05) is 6.04 Å². The van der Waals surface area contributed by atoms with Crippen LogP contribution in [0.1, 0.15) is 31.4 Å². The molecule has 0 aromatic heterocycles. The number of rotatable bonds is 4. The molecule has 1 aromatic carbocycles. The molecule has 17 heavy (non-hydrogen) atoms. The zero-order valence-electron chi connectivity index (χ0n) is 11.0. The van der Waals surface area contributed by atoms with E-state index >= 15 is 0 Å². The normalized spacial score (nSPS) is 20.4. The highest BCUT2D eigenvalue weighted by Crippen LogP contribution is 2.17. The Labute approximate surface area is 105 Å². The maximum atomic E-state index is 3.66. The second-order valence-corrected chi connectivity index (χ2v) is 5.29. The molecule has 0 spiro atoms. The third-order valence-corrected chi connectivity index (χ3v) is 3.85. The van der Waals surface area contributed by atoms with Crippen molar-refractivity contribution in [2.45, 2.75) is 25.8 Å². The molecule has 2 heteroatoms. The molecule has 1 aliphatic rings. The Balaban J connectivity index is 1.75. The Kier molecular flexibility index (Phi) is 4.57. The van der Waals surface area contributed by atoms with E-state index in [9.17, 15) is 0 Å². The highest BCUT2D eigenvalue weighted by molar-refractivity contribution is 5.17. The molecule has 1 heterocycles. The highest BCUT2D eigenvalue weighted by atomic mass is 15.1. The number of piperidine rings is 1. The maximum absolute atomic E-state index is 3.66. The summed E-state index contributed by atoms with van der Waals surface area (Å²) in [6.07, 6.45) is 2.68. The predicted molar refractivity (Wildman–Crippen MR) is 73.1 cm³/mol. The molecule has 1 saturated heterocycles. The molecule has 2 rings (SSSR count). The van der Waals surface area contributed by atoms with Crippen molar-refractivity contribution in [3.05, 3.63) is 35.9 Å². The van der Waals surface area contributed by atoms with E-state index in [4.69, 9.17) is 0 Å². The van der Waals surface area contributed by atoms with Crippen LogP contribution in [0.5, 0.6) is 0 Å². The molecule has 1 aromatic rings. The van der Waals surface area contributed by atoms with E-state index in [1.807, 2.05) is 0 Å². The summed E-state index contributed by atoms with van der Waals surface area (Å²) in [5.74, 6) is 0.859. The Morgan fingerprint density at radius 2 is 1.88 bits per heavy atom. The second kappa shape index (κ2) is 6.18. The van der Waals surface area contributed by atoms with Gasteiger partial charge in [-0.05, 0) is 57.9 Å². The first kappa shape index (κ1) is 12.6. The summed E-state index contributed by atoms with van der Waals surface area (Å²) >= 11 is 0. The number of nitrogens with one attached hydrogen (secondary N) is 1. The van der Waals surface area contributed by atoms with Gasteiger partial charge in [0.05, 0.1) is 0 Å². The van der Waals surface area contributed by atoms with Gasteiger partial charge in [-0.25, -0.2) is 0 Å². The van der Waals surface area contributed by atoms with Crippen molar-refractivity contribution in [3.63, 3.8) is 0 Å². The van der Waals surface area contributed by atoms with Crippen LogP contribution in [0.25, 0.3) is 0 Å². The first-order chi connectivity index (χ1) is 8.25. The zero-order valence-corrected chi connectivity index (χ0v) is 11.0. The summed E-state index contributed by atoms with van der Waals surface area (Å²) in [5, 5.41) is 3.66. The van der Waals surface area contributed by atoms with Crippen molar-refractivity contribution in [1.29, 1.82) is 0 Å². The fourth-order valence-corrected chi connectivity index (χ4v) is 2.47. The van der Waals surface area contributed by atoms with E-state index in [2.05, 4.69) is 54.5 Å². The topological polar surface area (TPSA) is 15.3 Å². The fraction of sp³-hybridized carbons (Fsp3) is 0.600. The molecular formula is C15H24N2. The molecule has 0 radical (unpaired) electrons. The number of nitrogens with zero attached hydrogens (tertiary/aromatic N) is 1. The first-order valence-electron chi connectivity index (χ1n) is 6.72. The molecule has 0 amide bonds. The smallest absolute Gasteiger partial charge is 0.0291 e. The van der Waals surface area contributed by atoms with Crippen LogP contribution in [0.4, 0.5) is 0 Å². The van der Waals surface area contributed by atoms with Crippen molar-refractivity contribution < 1.29 is 0 Å². The molecule has 0 saturated carbocycles. The quantitative estimate of drug-likeness (QED) is 0.858. The average molecular weight is 232 g/mol. The Morgan fingerprint density at radius 3 is 2.53 bits per heavy atom. The standard InChI is InChI=1S/C15H24N2/c1-13(15-6-4-3-5-7-15)16-12-14-8-10-17(2)11-9-14/h3-7,13-14,16H,8-12H2,1-2H3. The van der Waals surface area contributed by atoms with E-state index in [1.165, 1.54) is 31.5 Å². The Bertz CT molecular complexity index is 315. The summed E-state index contributed by atoms with van der Waals surface area (Å²) in [6.45, 7) is 5.92. The lowest BCUT2D eigenvalue weighted by Gasteiger charge is -2.30. The van der Waals surface area contributed by atoms with E-state index in [1.54, 1.807) is 0 Å². The van der Waals surface area contributed by atoms with Crippen LogP contribution in [0.2, 0.25) is 0 Å². The van der Waals surface area contributed by atoms with Crippen LogP contribution in [0.3, 0.4) is 0 Å². The third-order valence-electron chi connectivity index (χ3n) is 3.85. The average Bonchev–Trinajstić information content (AvgIpc) is 2.39. The SMILES string of the molecule is CC(NCC1CCN(C)CC1)c1ccccc1. The molecule has 1 aliphatic heterocycles. The minimum Gasteiger partial charge on any atom is -0.310 e. The molecule has 1 fully saturated rings. The summed E-state index contributed by atoms with van der Waals surface area (Å²) in [5.41, 5.74) is 1.39. The third kappa shape index (κ3) is 3.83. The molecule has 1 N–H and O–H groups in total. The number of likely N-dealkylation sites (tertiary alicyclic amines) is 1. The van der Waals surface area contributed by atoms with Crippen molar-refractivity contribution >= 4 is 0 Å². The predicted octanol–water partition coefficient (Wildman–Crippen LogP) is 2.68.